The second-order valence-electron chi connectivity index (χ2n) is 6.56. The lowest BCUT2D eigenvalue weighted by atomic mass is 10.2. The van der Waals surface area contributed by atoms with Crippen LogP contribution in [0.4, 0.5) is 0 Å². The number of rotatable bonds is 1. The van der Waals surface area contributed by atoms with Gasteiger partial charge in [0.15, 0.2) is 0 Å². The van der Waals surface area contributed by atoms with Crippen LogP contribution in [0.5, 0.6) is 0 Å². The van der Waals surface area contributed by atoms with Crippen LogP contribution in [0.15, 0.2) is 59.3 Å². The van der Waals surface area contributed by atoms with Gasteiger partial charge in [0.05, 0.1) is 0 Å². The first-order valence-corrected chi connectivity index (χ1v) is 13.1. The first-order valence-electron chi connectivity index (χ1n) is 7.19. The van der Waals surface area contributed by atoms with E-state index in [0.717, 1.165) is 0 Å². The predicted molar refractivity (Wildman–Crippen MR) is 93.7 cm³/mol. The number of benzene rings is 2. The summed E-state index contributed by atoms with van der Waals surface area (Å²) < 4.78 is 5.30. The van der Waals surface area contributed by atoms with Gasteiger partial charge in [0.2, 0.25) is 8.24 Å². The van der Waals surface area contributed by atoms with Crippen LogP contribution in [-0.4, -0.2) is 21.6 Å². The summed E-state index contributed by atoms with van der Waals surface area (Å²) in [7, 11) is -3.41. The molecular formula is C17H21NSi2. The Morgan fingerprint density at radius 2 is 1.25 bits per heavy atom. The maximum Gasteiger partial charge on any atom is 0.205 e. The van der Waals surface area contributed by atoms with Crippen LogP contribution in [0.3, 0.4) is 0 Å². The molecule has 0 unspecified atom stereocenters. The Labute approximate surface area is 123 Å². The third kappa shape index (κ3) is 2.01. The van der Waals surface area contributed by atoms with Crippen molar-refractivity contribution in [2.45, 2.75) is 26.2 Å². The summed E-state index contributed by atoms with van der Waals surface area (Å²) in [6.45, 7) is 9.58. The van der Waals surface area contributed by atoms with Crippen molar-refractivity contribution in [2.75, 3.05) is 0 Å². The van der Waals surface area contributed by atoms with Crippen LogP contribution < -0.4 is 10.4 Å². The molecule has 0 N–H and O–H groups in total. The molecule has 0 aromatic heterocycles. The van der Waals surface area contributed by atoms with Crippen LogP contribution in [0.25, 0.3) is 0 Å². The SMILES string of the molecule is C[Si]1(C)N=C(c2ccccc2)[Si](C)(C)c2ccccc21. The van der Waals surface area contributed by atoms with E-state index in [9.17, 15) is 0 Å². The third-order valence-corrected chi connectivity index (χ3v) is 10.7. The smallest absolute Gasteiger partial charge is 0.205 e. The highest BCUT2D eigenvalue weighted by Gasteiger charge is 2.42. The highest BCUT2D eigenvalue weighted by Crippen LogP contribution is 2.21. The minimum atomic E-state index is -1.72. The van der Waals surface area contributed by atoms with E-state index in [1.54, 1.807) is 5.19 Å². The topological polar surface area (TPSA) is 12.4 Å². The second kappa shape index (κ2) is 4.53. The van der Waals surface area contributed by atoms with Gasteiger partial charge in [-0.2, -0.15) is 0 Å². The molecular weight excluding hydrogens is 274 g/mol. The van der Waals surface area contributed by atoms with Gasteiger partial charge in [-0.1, -0.05) is 72.9 Å². The molecule has 0 spiro atoms. The standard InChI is InChI=1S/C17H21NSi2/c1-19(2)15-12-8-9-13-16(15)20(3,4)18-17(19)14-10-6-5-7-11-14/h5-13H,1-4H3. The second-order valence-corrected chi connectivity index (χ2v) is 14.7. The van der Waals surface area contributed by atoms with Gasteiger partial charge >= 0.3 is 0 Å². The highest BCUT2D eigenvalue weighted by atomic mass is 28.3. The monoisotopic (exact) mass is 295 g/mol. The zero-order valence-corrected chi connectivity index (χ0v) is 14.6. The Kier molecular flexibility index (Phi) is 3.07. The molecule has 3 heteroatoms. The molecule has 1 heterocycles. The van der Waals surface area contributed by atoms with Crippen molar-refractivity contribution in [3.05, 3.63) is 60.2 Å². The first-order chi connectivity index (χ1) is 9.43. The van der Waals surface area contributed by atoms with E-state index in [-0.39, 0.29) is 0 Å². The predicted octanol–water partition coefficient (Wildman–Crippen LogP) is 3.06. The summed E-state index contributed by atoms with van der Waals surface area (Å²) in [6, 6.07) is 19.8. The van der Waals surface area contributed by atoms with Crippen LogP contribution in [-0.2, 0) is 0 Å². The molecule has 102 valence electrons. The van der Waals surface area contributed by atoms with Gasteiger partial charge in [-0.3, -0.25) is 0 Å². The van der Waals surface area contributed by atoms with Crippen molar-refractivity contribution in [2.24, 2.45) is 4.66 Å². The lowest BCUT2D eigenvalue weighted by Crippen LogP contribution is -2.66. The summed E-state index contributed by atoms with van der Waals surface area (Å²) in [4.78, 5) is 0. The average Bonchev–Trinajstić information content (AvgIpc) is 2.45. The lowest BCUT2D eigenvalue weighted by molar-refractivity contribution is 1.53. The van der Waals surface area contributed by atoms with Crippen LogP contribution in [0, 0.1) is 0 Å². The van der Waals surface area contributed by atoms with E-state index in [2.05, 4.69) is 80.8 Å². The van der Waals surface area contributed by atoms with Gasteiger partial charge < -0.3 is 4.66 Å². The van der Waals surface area contributed by atoms with E-state index < -0.39 is 16.3 Å². The minimum Gasteiger partial charge on any atom is -0.324 e. The molecule has 20 heavy (non-hydrogen) atoms. The Morgan fingerprint density at radius 3 is 1.90 bits per heavy atom. The Morgan fingerprint density at radius 1 is 0.700 bits per heavy atom. The van der Waals surface area contributed by atoms with Crippen molar-refractivity contribution >= 4 is 32.0 Å². The van der Waals surface area contributed by atoms with Gasteiger partial charge in [-0.15, -0.1) is 0 Å². The van der Waals surface area contributed by atoms with E-state index in [0.29, 0.717) is 0 Å². The van der Waals surface area contributed by atoms with E-state index in [1.807, 2.05) is 0 Å². The molecule has 0 amide bonds. The summed E-state index contributed by atoms with van der Waals surface area (Å²) in [5, 5.41) is 4.51. The fraction of sp³-hybridized carbons (Fsp3) is 0.235. The van der Waals surface area contributed by atoms with Gasteiger partial charge in [-0.05, 0) is 23.8 Å². The number of hydrogen-bond acceptors (Lipinski definition) is 1. The van der Waals surface area contributed by atoms with E-state index >= 15 is 0 Å². The Bertz CT molecular complexity index is 672. The van der Waals surface area contributed by atoms with Crippen molar-refractivity contribution in [3.8, 4) is 0 Å². The number of fused-ring (bicyclic) bond motifs is 1. The molecule has 0 saturated carbocycles. The fourth-order valence-electron chi connectivity index (χ4n) is 3.19. The quantitative estimate of drug-likeness (QED) is 0.717. The summed E-state index contributed by atoms with van der Waals surface area (Å²) in [5.74, 6) is 0. The van der Waals surface area contributed by atoms with Crippen molar-refractivity contribution in [1.29, 1.82) is 0 Å². The average molecular weight is 296 g/mol. The van der Waals surface area contributed by atoms with Crippen LogP contribution in [0.2, 0.25) is 26.2 Å². The molecule has 0 radical (unpaired) electrons. The van der Waals surface area contributed by atoms with Crippen LogP contribution >= 0.6 is 0 Å². The fourth-order valence-corrected chi connectivity index (χ4v) is 11.5. The highest BCUT2D eigenvalue weighted by molar-refractivity contribution is 7.21. The molecule has 2 aromatic rings. The zero-order valence-electron chi connectivity index (χ0n) is 12.6. The van der Waals surface area contributed by atoms with Crippen molar-refractivity contribution in [1.82, 2.24) is 0 Å². The van der Waals surface area contributed by atoms with E-state index in [4.69, 9.17) is 4.66 Å². The van der Waals surface area contributed by atoms with Crippen molar-refractivity contribution < 1.29 is 0 Å². The molecule has 3 rings (SSSR count). The molecule has 2 aromatic carbocycles. The summed E-state index contributed by atoms with van der Waals surface area (Å²) in [5.41, 5.74) is 1.32. The molecule has 0 saturated heterocycles. The molecule has 1 nitrogen and oxygen atoms in total. The lowest BCUT2D eigenvalue weighted by Gasteiger charge is -2.38. The van der Waals surface area contributed by atoms with Gasteiger partial charge in [0.1, 0.15) is 8.07 Å². The molecule has 0 atom stereocenters. The maximum atomic E-state index is 5.30. The molecule has 1 aliphatic heterocycles. The Balaban J connectivity index is 2.26. The number of nitrogens with zero attached hydrogens (tertiary/aromatic N) is 1. The van der Waals surface area contributed by atoms with Gasteiger partial charge in [0.25, 0.3) is 0 Å². The largest absolute Gasteiger partial charge is 0.324 e. The molecule has 0 bridgehead atoms. The Hall–Kier alpha value is -1.46. The summed E-state index contributed by atoms with van der Waals surface area (Å²) >= 11 is 0. The normalized spacial score (nSPS) is 19.1. The van der Waals surface area contributed by atoms with E-state index in [1.165, 1.54) is 16.1 Å². The molecule has 0 aliphatic carbocycles. The van der Waals surface area contributed by atoms with Crippen molar-refractivity contribution in [3.63, 3.8) is 0 Å². The number of hydrogen-bond donors (Lipinski definition) is 0. The maximum absolute atomic E-state index is 5.30. The van der Waals surface area contributed by atoms with Gasteiger partial charge in [0, 0.05) is 5.33 Å². The molecule has 0 fully saturated rings. The first kappa shape index (κ1) is 13.5. The third-order valence-electron chi connectivity index (χ3n) is 4.29. The zero-order chi connectivity index (χ0) is 14.4. The molecule has 1 aliphatic rings. The minimum absolute atomic E-state index is 1.32. The van der Waals surface area contributed by atoms with Crippen LogP contribution in [0.1, 0.15) is 5.56 Å². The van der Waals surface area contributed by atoms with Gasteiger partial charge in [-0.25, -0.2) is 0 Å². The summed E-state index contributed by atoms with van der Waals surface area (Å²) in [6.07, 6.45) is 0.